The summed E-state index contributed by atoms with van der Waals surface area (Å²) in [6, 6.07) is 5.49. The molecule has 0 atom stereocenters. The molecule has 0 unspecified atom stereocenters. The second kappa shape index (κ2) is 5.29. The summed E-state index contributed by atoms with van der Waals surface area (Å²) in [4.78, 5) is 12.2. The number of carbonyl (C=O) groups excluding carboxylic acids is 1. The molecular formula is C15H14BrNO3. The summed E-state index contributed by atoms with van der Waals surface area (Å²) in [7, 11) is 0. The Balaban J connectivity index is 2.44. The average molecular weight is 336 g/mol. The molecule has 0 saturated carbocycles. The molecule has 104 valence electrons. The van der Waals surface area contributed by atoms with E-state index >= 15 is 0 Å². The minimum atomic E-state index is -0.593. The van der Waals surface area contributed by atoms with Crippen LogP contribution in [0.2, 0.25) is 0 Å². The number of ketones is 1. The monoisotopic (exact) mass is 335 g/mol. The van der Waals surface area contributed by atoms with Gasteiger partial charge in [0.2, 0.25) is 6.79 Å². The Labute approximate surface area is 126 Å². The molecule has 1 aliphatic heterocycles. The number of carbonyl (C=O) groups is 1. The number of hydrogen-bond donors (Lipinski definition) is 0. The van der Waals surface area contributed by atoms with Gasteiger partial charge in [-0.25, -0.2) is 0 Å². The summed E-state index contributed by atoms with van der Waals surface area (Å²) in [5.74, 6) is 1.07. The number of fused-ring (bicyclic) bond motifs is 1. The number of allylic oxidation sites excluding steroid dienone is 1. The number of nitriles is 1. The highest BCUT2D eigenvalue weighted by Gasteiger charge is 2.25. The van der Waals surface area contributed by atoms with Crippen molar-refractivity contribution in [3.05, 3.63) is 27.7 Å². The topological polar surface area (TPSA) is 59.3 Å². The van der Waals surface area contributed by atoms with Crippen molar-refractivity contribution < 1.29 is 14.3 Å². The Hall–Kier alpha value is -1.80. The Morgan fingerprint density at radius 2 is 1.95 bits per heavy atom. The van der Waals surface area contributed by atoms with Gasteiger partial charge in [0, 0.05) is 9.89 Å². The fourth-order valence-electron chi connectivity index (χ4n) is 1.75. The molecule has 0 N–H and O–H groups in total. The van der Waals surface area contributed by atoms with Crippen molar-refractivity contribution >= 4 is 27.8 Å². The highest BCUT2D eigenvalue weighted by atomic mass is 79.9. The first-order valence-electron chi connectivity index (χ1n) is 6.08. The number of nitrogens with zero attached hydrogens (tertiary/aromatic N) is 1. The van der Waals surface area contributed by atoms with Gasteiger partial charge < -0.3 is 9.47 Å². The van der Waals surface area contributed by atoms with Crippen LogP contribution < -0.4 is 9.47 Å². The highest BCUT2D eigenvalue weighted by Crippen LogP contribution is 2.38. The third-order valence-corrected chi connectivity index (χ3v) is 3.52. The van der Waals surface area contributed by atoms with E-state index in [4.69, 9.17) is 9.47 Å². The van der Waals surface area contributed by atoms with E-state index in [-0.39, 0.29) is 18.1 Å². The van der Waals surface area contributed by atoms with E-state index in [1.54, 1.807) is 39.0 Å². The van der Waals surface area contributed by atoms with Crippen LogP contribution in [-0.2, 0) is 4.79 Å². The smallest absolute Gasteiger partial charge is 0.231 e. The van der Waals surface area contributed by atoms with E-state index in [1.165, 1.54) is 0 Å². The summed E-state index contributed by atoms with van der Waals surface area (Å²) in [5.41, 5.74) is 0.241. The molecule has 0 amide bonds. The molecule has 5 heteroatoms. The quantitative estimate of drug-likeness (QED) is 0.610. The van der Waals surface area contributed by atoms with Crippen molar-refractivity contribution in [2.75, 3.05) is 6.79 Å². The third-order valence-electron chi connectivity index (χ3n) is 2.84. The predicted octanol–water partition coefficient (Wildman–Crippen LogP) is 3.70. The Kier molecular flexibility index (Phi) is 3.87. The van der Waals surface area contributed by atoms with Crippen LogP contribution in [-0.4, -0.2) is 12.6 Å². The van der Waals surface area contributed by atoms with Gasteiger partial charge in [-0.15, -0.1) is 0 Å². The average Bonchev–Trinajstić information content (AvgIpc) is 2.80. The number of rotatable bonds is 2. The van der Waals surface area contributed by atoms with E-state index < -0.39 is 5.41 Å². The van der Waals surface area contributed by atoms with Crippen LogP contribution in [0.15, 0.2) is 22.2 Å². The standard InChI is InChI=1S/C15H14BrNO3/c1-15(2,3)14(18)10(7-17)4-9-5-12-13(6-11(9)16)20-8-19-12/h4-6H,8H2,1-3H3. The number of ether oxygens (including phenoxy) is 2. The van der Waals surface area contributed by atoms with Gasteiger partial charge in [0.25, 0.3) is 0 Å². The molecule has 0 aromatic heterocycles. The lowest BCUT2D eigenvalue weighted by Crippen LogP contribution is -2.21. The van der Waals surface area contributed by atoms with Gasteiger partial charge in [0.15, 0.2) is 17.3 Å². The van der Waals surface area contributed by atoms with Crippen LogP contribution in [0.25, 0.3) is 6.08 Å². The fraction of sp³-hybridized carbons (Fsp3) is 0.333. The minimum absolute atomic E-state index is 0.122. The van der Waals surface area contributed by atoms with Crippen LogP contribution in [0.4, 0.5) is 0 Å². The summed E-state index contributed by atoms with van der Waals surface area (Å²) in [6.07, 6.45) is 1.57. The molecule has 0 aliphatic carbocycles. The minimum Gasteiger partial charge on any atom is -0.454 e. The number of benzene rings is 1. The van der Waals surface area contributed by atoms with Crippen LogP contribution in [0, 0.1) is 16.7 Å². The molecule has 1 heterocycles. The molecule has 2 rings (SSSR count). The molecule has 4 nitrogen and oxygen atoms in total. The van der Waals surface area contributed by atoms with Gasteiger partial charge in [-0.1, -0.05) is 36.7 Å². The van der Waals surface area contributed by atoms with Gasteiger partial charge in [0.1, 0.15) is 6.07 Å². The number of halogens is 1. The van der Waals surface area contributed by atoms with Crippen molar-refractivity contribution in [2.24, 2.45) is 5.41 Å². The summed E-state index contributed by atoms with van der Waals surface area (Å²) in [6.45, 7) is 5.54. The van der Waals surface area contributed by atoms with Gasteiger partial charge in [-0.3, -0.25) is 4.79 Å². The first kappa shape index (κ1) is 14.6. The lowest BCUT2D eigenvalue weighted by molar-refractivity contribution is -0.121. The summed E-state index contributed by atoms with van der Waals surface area (Å²) < 4.78 is 11.3. The molecule has 1 aliphatic rings. The van der Waals surface area contributed by atoms with Gasteiger partial charge >= 0.3 is 0 Å². The second-order valence-corrected chi connectivity index (χ2v) is 6.33. The molecular weight excluding hydrogens is 322 g/mol. The maximum atomic E-state index is 12.2. The van der Waals surface area contributed by atoms with E-state index in [0.29, 0.717) is 17.1 Å². The van der Waals surface area contributed by atoms with Crippen molar-refractivity contribution in [3.8, 4) is 17.6 Å². The Bertz CT molecular complexity index is 636. The van der Waals surface area contributed by atoms with Gasteiger partial charge in [0.05, 0.1) is 5.57 Å². The van der Waals surface area contributed by atoms with Crippen molar-refractivity contribution in [1.29, 1.82) is 5.26 Å². The van der Waals surface area contributed by atoms with Crippen LogP contribution in [0.5, 0.6) is 11.5 Å². The van der Waals surface area contributed by atoms with Crippen LogP contribution >= 0.6 is 15.9 Å². The Morgan fingerprint density at radius 3 is 2.50 bits per heavy atom. The maximum Gasteiger partial charge on any atom is 0.231 e. The van der Waals surface area contributed by atoms with Crippen molar-refractivity contribution in [2.45, 2.75) is 20.8 Å². The molecule has 1 aromatic rings. The molecule has 0 spiro atoms. The maximum absolute atomic E-state index is 12.2. The number of Topliss-reactive ketones (excluding diaryl/α,β-unsaturated/α-hetero) is 1. The second-order valence-electron chi connectivity index (χ2n) is 5.48. The first-order valence-corrected chi connectivity index (χ1v) is 6.88. The molecule has 20 heavy (non-hydrogen) atoms. The van der Waals surface area contributed by atoms with E-state index in [1.807, 2.05) is 6.07 Å². The van der Waals surface area contributed by atoms with Gasteiger partial charge in [-0.2, -0.15) is 5.26 Å². The van der Waals surface area contributed by atoms with Crippen molar-refractivity contribution in [3.63, 3.8) is 0 Å². The zero-order valence-electron chi connectivity index (χ0n) is 11.5. The summed E-state index contributed by atoms with van der Waals surface area (Å²) >= 11 is 3.41. The molecule has 0 radical (unpaired) electrons. The fourth-order valence-corrected chi connectivity index (χ4v) is 2.19. The van der Waals surface area contributed by atoms with Crippen LogP contribution in [0.3, 0.4) is 0 Å². The normalized spacial score (nSPS) is 14.1. The lowest BCUT2D eigenvalue weighted by atomic mass is 9.86. The highest BCUT2D eigenvalue weighted by molar-refractivity contribution is 9.10. The molecule has 1 aromatic carbocycles. The van der Waals surface area contributed by atoms with E-state index in [2.05, 4.69) is 15.9 Å². The first-order chi connectivity index (χ1) is 9.32. The van der Waals surface area contributed by atoms with E-state index in [9.17, 15) is 10.1 Å². The Morgan fingerprint density at radius 1 is 1.35 bits per heavy atom. The van der Waals surface area contributed by atoms with Crippen LogP contribution in [0.1, 0.15) is 26.3 Å². The SMILES string of the molecule is CC(C)(C)C(=O)C(C#N)=Cc1cc2c(cc1Br)OCO2. The largest absolute Gasteiger partial charge is 0.454 e. The van der Waals surface area contributed by atoms with Gasteiger partial charge in [-0.05, 0) is 23.8 Å². The van der Waals surface area contributed by atoms with Crippen molar-refractivity contribution in [1.82, 2.24) is 0 Å². The molecule has 0 saturated heterocycles. The zero-order valence-corrected chi connectivity index (χ0v) is 13.1. The van der Waals surface area contributed by atoms with E-state index in [0.717, 1.165) is 4.47 Å². The lowest BCUT2D eigenvalue weighted by Gasteiger charge is -2.15. The third kappa shape index (κ3) is 2.86. The zero-order chi connectivity index (χ0) is 14.9. The summed E-state index contributed by atoms with van der Waals surface area (Å²) in [5, 5.41) is 9.20. The number of hydrogen-bond acceptors (Lipinski definition) is 4. The predicted molar refractivity (Wildman–Crippen MR) is 78.3 cm³/mol. The molecule has 0 bridgehead atoms. The molecule has 0 fully saturated rings.